The summed E-state index contributed by atoms with van der Waals surface area (Å²) in [7, 11) is 0. The van der Waals surface area contributed by atoms with Crippen LogP contribution in [0.2, 0.25) is 0 Å². The number of nitriles is 1. The van der Waals surface area contributed by atoms with Gasteiger partial charge in [0.1, 0.15) is 5.92 Å². The van der Waals surface area contributed by atoms with Gasteiger partial charge in [-0.25, -0.2) is 0 Å². The fraction of sp³-hybridized carbons (Fsp3) is 0.467. The predicted molar refractivity (Wildman–Crippen MR) is 71.1 cm³/mol. The van der Waals surface area contributed by atoms with E-state index >= 15 is 0 Å². The highest BCUT2D eigenvalue weighted by molar-refractivity contribution is 5.82. The summed E-state index contributed by atoms with van der Waals surface area (Å²) in [6, 6.07) is 11.5. The normalized spacial score (nSPS) is 20.0. The van der Waals surface area contributed by atoms with E-state index in [-0.39, 0.29) is 18.6 Å². The van der Waals surface area contributed by atoms with Gasteiger partial charge in [0.05, 0.1) is 18.7 Å². The Balaban J connectivity index is 2.06. The molecule has 1 aromatic carbocycles. The Bertz CT molecular complexity index is 467. The third-order valence-electron chi connectivity index (χ3n) is 3.61. The molecule has 4 heteroatoms. The van der Waals surface area contributed by atoms with Gasteiger partial charge in [-0.05, 0) is 24.8 Å². The maximum Gasteiger partial charge on any atom is 0.240 e. The van der Waals surface area contributed by atoms with Crippen molar-refractivity contribution in [2.45, 2.75) is 25.3 Å². The van der Waals surface area contributed by atoms with E-state index in [0.717, 1.165) is 18.4 Å². The maximum atomic E-state index is 12.3. The molecule has 2 rings (SSSR count). The number of likely N-dealkylation sites (tertiary alicyclic amines) is 1. The highest BCUT2D eigenvalue weighted by Crippen LogP contribution is 2.21. The number of nitrogens with zero attached hydrogens (tertiary/aromatic N) is 2. The number of carbonyl (C=O) groups excluding carboxylic acids is 1. The summed E-state index contributed by atoms with van der Waals surface area (Å²) < 4.78 is 0. The van der Waals surface area contributed by atoms with Crippen LogP contribution in [0.15, 0.2) is 30.3 Å². The summed E-state index contributed by atoms with van der Waals surface area (Å²) in [4.78, 5) is 14.0. The average molecular weight is 258 g/mol. The van der Waals surface area contributed by atoms with Gasteiger partial charge in [0, 0.05) is 6.54 Å². The summed E-state index contributed by atoms with van der Waals surface area (Å²) in [6.45, 7) is 0.631. The number of benzene rings is 1. The summed E-state index contributed by atoms with van der Waals surface area (Å²) in [5, 5.41) is 18.5. The molecule has 19 heavy (non-hydrogen) atoms. The van der Waals surface area contributed by atoms with Crippen LogP contribution in [0.25, 0.3) is 0 Å². The largest absolute Gasteiger partial charge is 0.394 e. The SMILES string of the molecule is N#CC(Cc1ccccc1)C(=O)N1CCC[C@@H]1CO. The molecular formula is C15H18N2O2. The second-order valence-corrected chi connectivity index (χ2v) is 4.88. The molecule has 1 fully saturated rings. The lowest BCUT2D eigenvalue weighted by Gasteiger charge is -2.25. The van der Waals surface area contributed by atoms with Crippen LogP contribution in [0.4, 0.5) is 0 Å². The predicted octanol–water partition coefficient (Wildman–Crippen LogP) is 1.35. The van der Waals surface area contributed by atoms with E-state index in [1.165, 1.54) is 0 Å². The first-order valence-electron chi connectivity index (χ1n) is 6.61. The van der Waals surface area contributed by atoms with Crippen molar-refractivity contribution < 1.29 is 9.90 Å². The van der Waals surface area contributed by atoms with E-state index in [1.54, 1.807) is 4.90 Å². The minimum atomic E-state index is -0.658. The minimum absolute atomic E-state index is 0.0186. The van der Waals surface area contributed by atoms with E-state index in [0.29, 0.717) is 13.0 Å². The topological polar surface area (TPSA) is 64.3 Å². The molecule has 1 aliphatic rings. The number of aliphatic hydroxyl groups excluding tert-OH is 1. The Labute approximate surface area is 113 Å². The van der Waals surface area contributed by atoms with Crippen LogP contribution in [0.3, 0.4) is 0 Å². The number of aliphatic hydroxyl groups is 1. The lowest BCUT2D eigenvalue weighted by atomic mass is 9.99. The zero-order valence-corrected chi connectivity index (χ0v) is 10.8. The molecule has 0 saturated carbocycles. The van der Waals surface area contributed by atoms with Crippen LogP contribution >= 0.6 is 0 Å². The Morgan fingerprint density at radius 1 is 1.47 bits per heavy atom. The minimum Gasteiger partial charge on any atom is -0.394 e. The monoisotopic (exact) mass is 258 g/mol. The van der Waals surface area contributed by atoms with E-state index in [2.05, 4.69) is 6.07 Å². The van der Waals surface area contributed by atoms with Gasteiger partial charge < -0.3 is 10.0 Å². The maximum absolute atomic E-state index is 12.3. The van der Waals surface area contributed by atoms with Gasteiger partial charge in [-0.3, -0.25) is 4.79 Å². The highest BCUT2D eigenvalue weighted by Gasteiger charge is 2.32. The van der Waals surface area contributed by atoms with Crippen LogP contribution < -0.4 is 0 Å². The van der Waals surface area contributed by atoms with Crippen molar-refractivity contribution in [3.8, 4) is 6.07 Å². The van der Waals surface area contributed by atoms with Gasteiger partial charge in [-0.1, -0.05) is 30.3 Å². The molecule has 100 valence electrons. The number of rotatable bonds is 4. The van der Waals surface area contributed by atoms with Crippen molar-refractivity contribution in [1.82, 2.24) is 4.90 Å². The van der Waals surface area contributed by atoms with Crippen LogP contribution in [0.5, 0.6) is 0 Å². The third kappa shape index (κ3) is 3.12. The smallest absolute Gasteiger partial charge is 0.240 e. The second-order valence-electron chi connectivity index (χ2n) is 4.88. The molecule has 0 aromatic heterocycles. The molecule has 0 radical (unpaired) electrons. The van der Waals surface area contributed by atoms with Gasteiger partial charge in [0.2, 0.25) is 5.91 Å². The fourth-order valence-electron chi connectivity index (χ4n) is 2.55. The van der Waals surface area contributed by atoms with Crippen molar-refractivity contribution in [3.63, 3.8) is 0 Å². The van der Waals surface area contributed by atoms with Gasteiger partial charge in [0.25, 0.3) is 0 Å². The summed E-state index contributed by atoms with van der Waals surface area (Å²) in [6.07, 6.45) is 2.16. The Hall–Kier alpha value is -1.86. The van der Waals surface area contributed by atoms with Crippen LogP contribution in [0.1, 0.15) is 18.4 Å². The van der Waals surface area contributed by atoms with Crippen molar-refractivity contribution >= 4 is 5.91 Å². The Morgan fingerprint density at radius 2 is 2.21 bits per heavy atom. The summed E-state index contributed by atoms with van der Waals surface area (Å²) in [5.74, 6) is -0.808. The second kappa shape index (κ2) is 6.35. The first kappa shape index (κ1) is 13.6. The molecule has 0 aliphatic carbocycles. The van der Waals surface area contributed by atoms with Crippen LogP contribution in [-0.2, 0) is 11.2 Å². The molecule has 2 atom stereocenters. The van der Waals surface area contributed by atoms with Gasteiger partial charge in [0.15, 0.2) is 0 Å². The average Bonchev–Trinajstić information content (AvgIpc) is 2.93. The molecule has 1 aromatic rings. The van der Waals surface area contributed by atoms with Crippen molar-refractivity contribution in [3.05, 3.63) is 35.9 Å². The van der Waals surface area contributed by atoms with E-state index in [4.69, 9.17) is 0 Å². The first-order valence-corrected chi connectivity index (χ1v) is 6.61. The molecular weight excluding hydrogens is 240 g/mol. The molecule has 0 spiro atoms. The lowest BCUT2D eigenvalue weighted by molar-refractivity contribution is -0.135. The highest BCUT2D eigenvalue weighted by atomic mass is 16.3. The summed E-state index contributed by atoms with van der Waals surface area (Å²) in [5.41, 5.74) is 0.988. The zero-order chi connectivity index (χ0) is 13.7. The van der Waals surface area contributed by atoms with E-state index in [1.807, 2.05) is 30.3 Å². The zero-order valence-electron chi connectivity index (χ0n) is 10.8. The lowest BCUT2D eigenvalue weighted by Crippen LogP contribution is -2.41. The van der Waals surface area contributed by atoms with Crippen LogP contribution in [0, 0.1) is 17.2 Å². The van der Waals surface area contributed by atoms with Crippen LogP contribution in [-0.4, -0.2) is 35.1 Å². The van der Waals surface area contributed by atoms with Crippen molar-refractivity contribution in [2.75, 3.05) is 13.2 Å². The van der Waals surface area contributed by atoms with Crippen molar-refractivity contribution in [2.24, 2.45) is 5.92 Å². The first-order chi connectivity index (χ1) is 9.26. The molecule has 0 bridgehead atoms. The quantitative estimate of drug-likeness (QED) is 0.886. The van der Waals surface area contributed by atoms with Gasteiger partial charge >= 0.3 is 0 Å². The number of hydrogen-bond donors (Lipinski definition) is 1. The summed E-state index contributed by atoms with van der Waals surface area (Å²) >= 11 is 0. The molecule has 1 aliphatic heterocycles. The Morgan fingerprint density at radius 3 is 2.84 bits per heavy atom. The van der Waals surface area contributed by atoms with Crippen molar-refractivity contribution in [1.29, 1.82) is 5.26 Å². The number of amides is 1. The van der Waals surface area contributed by atoms with Gasteiger partial charge in [-0.2, -0.15) is 5.26 Å². The Kier molecular flexibility index (Phi) is 4.53. The van der Waals surface area contributed by atoms with Gasteiger partial charge in [-0.15, -0.1) is 0 Å². The molecule has 1 N–H and O–H groups in total. The third-order valence-corrected chi connectivity index (χ3v) is 3.61. The molecule has 4 nitrogen and oxygen atoms in total. The number of carbonyl (C=O) groups is 1. The molecule has 1 amide bonds. The standard InChI is InChI=1S/C15H18N2O2/c16-10-13(9-12-5-2-1-3-6-12)15(19)17-8-4-7-14(17)11-18/h1-3,5-6,13-14,18H,4,7-9,11H2/t13?,14-/m1/s1. The molecule has 1 heterocycles. The van der Waals surface area contributed by atoms with E-state index < -0.39 is 5.92 Å². The van der Waals surface area contributed by atoms with E-state index in [9.17, 15) is 15.2 Å². The molecule has 1 unspecified atom stereocenters. The fourth-order valence-corrected chi connectivity index (χ4v) is 2.55. The number of hydrogen-bond acceptors (Lipinski definition) is 3. The molecule has 1 saturated heterocycles.